The van der Waals surface area contributed by atoms with E-state index in [0.717, 1.165) is 69.9 Å². The normalized spacial score (nSPS) is 31.5. The Morgan fingerprint density at radius 3 is 2.26 bits per heavy atom. The van der Waals surface area contributed by atoms with Crippen LogP contribution in [0.15, 0.2) is 36.5 Å². The van der Waals surface area contributed by atoms with Crippen LogP contribution in [0.3, 0.4) is 0 Å². The largest absolute Gasteiger partial charge is 0.390 e. The number of nitrogens with zero attached hydrogens (tertiary/aromatic N) is 4. The molecule has 0 radical (unpaired) electrons. The van der Waals surface area contributed by atoms with E-state index in [1.807, 2.05) is 18.2 Å². The number of pyridine rings is 2. The first-order valence-corrected chi connectivity index (χ1v) is 12.6. The number of hydrogen-bond donors (Lipinski definition) is 3. The maximum atomic E-state index is 13.2. The average Bonchev–Trinajstić information content (AvgIpc) is 2.85. The number of nitrogens with one attached hydrogen (secondary N) is 1. The molecule has 7 rings (SSSR count). The molecule has 4 aliphatic carbocycles. The highest BCUT2D eigenvalue weighted by molar-refractivity contribution is 5.93. The standard InChI is InChI=1S/C26H32N6O3/c27-24(33)17-4-5-21(28-15-17)31-6-8-32(9-7-31)22-3-1-2-20(29-22)25(34)30-23-18-10-16-11-19(23)14-26(35,12-16)13-18/h1-5,15-16,18-19,23,35H,6-14H2,(H2,27,33)(H,30,34). The fraction of sp³-hybridized carbons (Fsp3) is 0.538. The Bertz CT molecular complexity index is 1110. The van der Waals surface area contributed by atoms with Gasteiger partial charge in [0.15, 0.2) is 0 Å². The highest BCUT2D eigenvalue weighted by Crippen LogP contribution is 2.55. The van der Waals surface area contributed by atoms with E-state index in [0.29, 0.717) is 29.0 Å². The second kappa shape index (κ2) is 8.48. The predicted molar refractivity (Wildman–Crippen MR) is 131 cm³/mol. The number of carbonyl (C=O) groups excluding carboxylic acids is 2. The van der Waals surface area contributed by atoms with Crippen molar-refractivity contribution in [3.8, 4) is 0 Å². The van der Waals surface area contributed by atoms with Gasteiger partial charge in [0, 0.05) is 38.4 Å². The summed E-state index contributed by atoms with van der Waals surface area (Å²) in [5.74, 6) is 2.37. The molecule has 2 unspecified atom stereocenters. The van der Waals surface area contributed by atoms with Crippen molar-refractivity contribution in [1.29, 1.82) is 0 Å². The summed E-state index contributed by atoms with van der Waals surface area (Å²) in [7, 11) is 0. The molecule has 35 heavy (non-hydrogen) atoms. The number of rotatable bonds is 5. The van der Waals surface area contributed by atoms with Crippen LogP contribution >= 0.6 is 0 Å². The molecule has 9 heteroatoms. The van der Waals surface area contributed by atoms with Gasteiger partial charge < -0.3 is 26.0 Å². The Morgan fingerprint density at radius 2 is 1.66 bits per heavy atom. The topological polar surface area (TPSA) is 125 Å². The Hall–Kier alpha value is -3.20. The number of primary amides is 1. The first-order valence-electron chi connectivity index (χ1n) is 12.6. The zero-order valence-corrected chi connectivity index (χ0v) is 19.8. The van der Waals surface area contributed by atoms with Gasteiger partial charge in [0.05, 0.1) is 11.2 Å². The van der Waals surface area contributed by atoms with Crippen LogP contribution in [0.4, 0.5) is 11.6 Å². The molecule has 5 fully saturated rings. The summed E-state index contributed by atoms with van der Waals surface area (Å²) in [5, 5.41) is 14.1. The Labute approximate surface area is 204 Å². The van der Waals surface area contributed by atoms with Crippen LogP contribution in [-0.4, -0.2) is 64.7 Å². The van der Waals surface area contributed by atoms with Crippen molar-refractivity contribution in [3.05, 3.63) is 47.8 Å². The van der Waals surface area contributed by atoms with Gasteiger partial charge in [-0.05, 0) is 74.1 Å². The third-order valence-electron chi connectivity index (χ3n) is 8.47. The number of aliphatic hydroxyl groups is 1. The van der Waals surface area contributed by atoms with Crippen molar-refractivity contribution < 1.29 is 14.7 Å². The molecule has 1 saturated heterocycles. The number of carbonyl (C=O) groups is 2. The van der Waals surface area contributed by atoms with Crippen molar-refractivity contribution in [2.75, 3.05) is 36.0 Å². The van der Waals surface area contributed by atoms with E-state index < -0.39 is 11.5 Å². The zero-order chi connectivity index (χ0) is 24.2. The molecular weight excluding hydrogens is 444 g/mol. The number of piperazine rings is 1. The molecule has 0 spiro atoms. The van der Waals surface area contributed by atoms with Crippen LogP contribution in [0.5, 0.6) is 0 Å². The molecule has 2 aromatic rings. The van der Waals surface area contributed by atoms with Gasteiger partial charge in [-0.15, -0.1) is 0 Å². The molecule has 9 nitrogen and oxygen atoms in total. The Balaban J connectivity index is 1.09. The van der Waals surface area contributed by atoms with Crippen LogP contribution in [0.2, 0.25) is 0 Å². The number of amides is 2. The molecule has 3 heterocycles. The third-order valence-corrected chi connectivity index (χ3v) is 8.47. The van der Waals surface area contributed by atoms with Crippen molar-refractivity contribution in [2.45, 2.75) is 43.7 Å². The van der Waals surface area contributed by atoms with Gasteiger partial charge in [0.1, 0.15) is 17.3 Å². The summed E-state index contributed by atoms with van der Waals surface area (Å²) >= 11 is 0. The lowest BCUT2D eigenvalue weighted by Gasteiger charge is -2.58. The van der Waals surface area contributed by atoms with Crippen molar-refractivity contribution in [1.82, 2.24) is 15.3 Å². The van der Waals surface area contributed by atoms with Gasteiger partial charge in [-0.25, -0.2) is 9.97 Å². The SMILES string of the molecule is NC(=O)c1ccc(N2CCN(c3cccc(C(=O)NC4C5CC6CC4CC(O)(C6)C5)n3)CC2)nc1. The van der Waals surface area contributed by atoms with Gasteiger partial charge in [-0.2, -0.15) is 0 Å². The molecule has 2 aromatic heterocycles. The summed E-state index contributed by atoms with van der Waals surface area (Å²) in [4.78, 5) is 37.9. The smallest absolute Gasteiger partial charge is 0.270 e. The zero-order valence-electron chi connectivity index (χ0n) is 19.8. The minimum absolute atomic E-state index is 0.117. The average molecular weight is 477 g/mol. The van der Waals surface area contributed by atoms with Gasteiger partial charge in [0.2, 0.25) is 5.91 Å². The van der Waals surface area contributed by atoms with E-state index in [1.54, 1.807) is 12.1 Å². The van der Waals surface area contributed by atoms with Gasteiger partial charge in [0.25, 0.3) is 5.91 Å². The van der Waals surface area contributed by atoms with Crippen molar-refractivity contribution >= 4 is 23.5 Å². The van der Waals surface area contributed by atoms with E-state index in [4.69, 9.17) is 10.7 Å². The number of anilines is 2. The Morgan fingerprint density at radius 1 is 0.971 bits per heavy atom. The molecule has 0 aromatic carbocycles. The summed E-state index contributed by atoms with van der Waals surface area (Å²) in [6.07, 6.45) is 6.29. The highest BCUT2D eigenvalue weighted by Gasteiger charge is 2.55. The fourth-order valence-corrected chi connectivity index (χ4v) is 7.05. The van der Waals surface area contributed by atoms with E-state index in [2.05, 4.69) is 20.1 Å². The van der Waals surface area contributed by atoms with Crippen molar-refractivity contribution in [3.63, 3.8) is 0 Å². The van der Waals surface area contributed by atoms with Crippen molar-refractivity contribution in [2.24, 2.45) is 23.5 Å². The van der Waals surface area contributed by atoms with Crippen LogP contribution in [0, 0.1) is 17.8 Å². The summed E-state index contributed by atoms with van der Waals surface area (Å²) in [5.41, 5.74) is 5.64. The molecule has 1 aliphatic heterocycles. The van der Waals surface area contributed by atoms with Gasteiger partial charge in [-0.1, -0.05) is 6.07 Å². The molecule has 5 aliphatic rings. The monoisotopic (exact) mass is 476 g/mol. The molecule has 4 bridgehead atoms. The molecule has 2 atom stereocenters. The molecule has 184 valence electrons. The van der Waals surface area contributed by atoms with Crippen LogP contribution in [0.1, 0.15) is 53.0 Å². The first kappa shape index (κ1) is 22.3. The summed E-state index contributed by atoms with van der Waals surface area (Å²) in [6.45, 7) is 3.03. The second-order valence-corrected chi connectivity index (χ2v) is 10.8. The van der Waals surface area contributed by atoms with E-state index in [-0.39, 0.29) is 11.9 Å². The lowest BCUT2D eigenvalue weighted by Crippen LogP contribution is -2.61. The van der Waals surface area contributed by atoms with E-state index >= 15 is 0 Å². The minimum atomic E-state index is -0.503. The lowest BCUT2D eigenvalue weighted by atomic mass is 9.52. The van der Waals surface area contributed by atoms with E-state index in [1.165, 1.54) is 6.20 Å². The summed E-state index contributed by atoms with van der Waals surface area (Å²) < 4.78 is 0. The third kappa shape index (κ3) is 4.22. The highest BCUT2D eigenvalue weighted by atomic mass is 16.3. The van der Waals surface area contributed by atoms with Gasteiger partial charge >= 0.3 is 0 Å². The lowest BCUT2D eigenvalue weighted by molar-refractivity contribution is -0.136. The maximum Gasteiger partial charge on any atom is 0.270 e. The minimum Gasteiger partial charge on any atom is -0.390 e. The van der Waals surface area contributed by atoms with Crippen LogP contribution in [0.25, 0.3) is 0 Å². The van der Waals surface area contributed by atoms with Gasteiger partial charge in [-0.3, -0.25) is 9.59 Å². The number of hydrogen-bond acceptors (Lipinski definition) is 7. The van der Waals surface area contributed by atoms with E-state index in [9.17, 15) is 14.7 Å². The molecule has 4 N–H and O–H groups in total. The molecular formula is C26H32N6O3. The maximum absolute atomic E-state index is 13.2. The van der Waals surface area contributed by atoms with Crippen LogP contribution in [-0.2, 0) is 0 Å². The number of nitrogens with two attached hydrogens (primary N) is 1. The summed E-state index contributed by atoms with van der Waals surface area (Å²) in [6, 6.07) is 9.29. The Kier molecular flexibility index (Phi) is 5.40. The predicted octanol–water partition coefficient (Wildman–Crippen LogP) is 1.57. The first-order chi connectivity index (χ1) is 16.9. The fourth-order valence-electron chi connectivity index (χ4n) is 7.05. The second-order valence-electron chi connectivity index (χ2n) is 10.8. The molecule has 4 saturated carbocycles. The number of aromatic nitrogens is 2. The van der Waals surface area contributed by atoms with Crippen LogP contribution < -0.4 is 20.9 Å². The molecule has 2 amide bonds. The quantitative estimate of drug-likeness (QED) is 0.598.